The van der Waals surface area contributed by atoms with Crippen LogP contribution in [0, 0.1) is 5.92 Å². The van der Waals surface area contributed by atoms with Crippen molar-refractivity contribution >= 4 is 17.5 Å². The first-order valence-corrected chi connectivity index (χ1v) is 8.00. The topological polar surface area (TPSA) is 70.2 Å². The molecule has 0 spiro atoms. The van der Waals surface area contributed by atoms with Crippen LogP contribution in [0.25, 0.3) is 0 Å². The van der Waals surface area contributed by atoms with Gasteiger partial charge in [0.1, 0.15) is 0 Å². The number of nitrogens with one attached hydrogen (secondary N) is 3. The lowest BCUT2D eigenvalue weighted by molar-refractivity contribution is -0.121. The van der Waals surface area contributed by atoms with E-state index in [0.29, 0.717) is 19.5 Å². The summed E-state index contributed by atoms with van der Waals surface area (Å²) in [7, 11) is 1.82. The maximum Gasteiger partial charge on any atom is 0.227 e. The molecule has 3 N–H and O–H groups in total. The van der Waals surface area contributed by atoms with Crippen molar-refractivity contribution in [2.75, 3.05) is 18.9 Å². The summed E-state index contributed by atoms with van der Waals surface area (Å²) in [5, 5.41) is 8.81. The van der Waals surface area contributed by atoms with Crippen molar-refractivity contribution in [1.82, 2.24) is 10.6 Å². The average Bonchev–Trinajstić information content (AvgIpc) is 3.06. The zero-order chi connectivity index (χ0) is 15.8. The van der Waals surface area contributed by atoms with E-state index in [1.807, 2.05) is 31.3 Å². The molecule has 5 nitrogen and oxygen atoms in total. The van der Waals surface area contributed by atoms with E-state index in [0.717, 1.165) is 36.9 Å². The van der Waals surface area contributed by atoms with Crippen LogP contribution in [-0.4, -0.2) is 25.4 Å². The van der Waals surface area contributed by atoms with E-state index in [4.69, 9.17) is 0 Å². The van der Waals surface area contributed by atoms with Crippen LogP contribution < -0.4 is 16.0 Å². The molecule has 1 aliphatic carbocycles. The van der Waals surface area contributed by atoms with E-state index in [9.17, 15) is 9.59 Å². The summed E-state index contributed by atoms with van der Waals surface area (Å²) < 4.78 is 0. The first-order chi connectivity index (χ1) is 10.7. The highest BCUT2D eigenvalue weighted by Gasteiger charge is 2.22. The first kappa shape index (κ1) is 16.5. The molecule has 1 fully saturated rings. The van der Waals surface area contributed by atoms with Gasteiger partial charge in [-0.2, -0.15) is 0 Å². The molecule has 0 unspecified atom stereocenters. The molecule has 0 saturated heterocycles. The second-order valence-electron chi connectivity index (χ2n) is 5.80. The number of benzene rings is 1. The van der Waals surface area contributed by atoms with Crippen LogP contribution in [0.2, 0.25) is 0 Å². The summed E-state index contributed by atoms with van der Waals surface area (Å²) >= 11 is 0. The van der Waals surface area contributed by atoms with Crippen molar-refractivity contribution in [2.45, 2.75) is 38.6 Å². The van der Waals surface area contributed by atoms with Crippen molar-refractivity contribution in [3.63, 3.8) is 0 Å². The Hall–Kier alpha value is -1.88. The number of amides is 2. The predicted octanol–water partition coefficient (Wildman–Crippen LogP) is 2.04. The average molecular weight is 303 g/mol. The zero-order valence-electron chi connectivity index (χ0n) is 13.2. The van der Waals surface area contributed by atoms with Gasteiger partial charge in [0.25, 0.3) is 0 Å². The van der Waals surface area contributed by atoms with Gasteiger partial charge in [0.2, 0.25) is 11.8 Å². The Kier molecular flexibility index (Phi) is 6.40. The highest BCUT2D eigenvalue weighted by Crippen LogP contribution is 2.26. The third-order valence-electron chi connectivity index (χ3n) is 4.01. The molecular weight excluding hydrogens is 278 g/mol. The number of hydrogen-bond acceptors (Lipinski definition) is 3. The summed E-state index contributed by atoms with van der Waals surface area (Å²) in [6.45, 7) is 1.15. The van der Waals surface area contributed by atoms with Gasteiger partial charge < -0.3 is 16.0 Å². The second kappa shape index (κ2) is 8.54. The van der Waals surface area contributed by atoms with Crippen molar-refractivity contribution in [1.29, 1.82) is 0 Å². The van der Waals surface area contributed by atoms with Crippen LogP contribution in [0.1, 0.15) is 37.7 Å². The fourth-order valence-corrected chi connectivity index (χ4v) is 2.72. The quantitative estimate of drug-likeness (QED) is 0.722. The fraction of sp³-hybridized carbons (Fsp3) is 0.529. The molecule has 0 aromatic heterocycles. The maximum atomic E-state index is 12.1. The van der Waals surface area contributed by atoms with Crippen LogP contribution in [0.5, 0.6) is 0 Å². The minimum atomic E-state index is 0.0229. The lowest BCUT2D eigenvalue weighted by Gasteiger charge is -2.12. The molecular formula is C17H25N3O2. The molecule has 0 bridgehead atoms. The largest absolute Gasteiger partial charge is 0.352 e. The smallest absolute Gasteiger partial charge is 0.227 e. The number of hydrogen-bond donors (Lipinski definition) is 3. The van der Waals surface area contributed by atoms with E-state index in [1.54, 1.807) is 0 Å². The zero-order valence-corrected chi connectivity index (χ0v) is 13.2. The third-order valence-corrected chi connectivity index (χ3v) is 4.01. The van der Waals surface area contributed by atoms with Gasteiger partial charge in [0.15, 0.2) is 0 Å². The van der Waals surface area contributed by atoms with Crippen LogP contribution in [0.4, 0.5) is 5.69 Å². The van der Waals surface area contributed by atoms with E-state index < -0.39 is 0 Å². The molecule has 22 heavy (non-hydrogen) atoms. The summed E-state index contributed by atoms with van der Waals surface area (Å²) in [6.07, 6.45) is 4.75. The maximum absolute atomic E-state index is 12.1. The monoisotopic (exact) mass is 303 g/mol. The normalized spacial score (nSPS) is 14.8. The highest BCUT2D eigenvalue weighted by atomic mass is 16.2. The first-order valence-electron chi connectivity index (χ1n) is 8.00. The van der Waals surface area contributed by atoms with Crippen LogP contribution >= 0.6 is 0 Å². The predicted molar refractivity (Wildman–Crippen MR) is 87.4 cm³/mol. The van der Waals surface area contributed by atoms with Gasteiger partial charge in [-0.15, -0.1) is 0 Å². The van der Waals surface area contributed by atoms with Gasteiger partial charge >= 0.3 is 0 Å². The lowest BCUT2D eigenvalue weighted by Crippen LogP contribution is -2.26. The van der Waals surface area contributed by atoms with Crippen molar-refractivity contribution in [2.24, 2.45) is 5.92 Å². The Morgan fingerprint density at radius 3 is 2.73 bits per heavy atom. The molecule has 1 saturated carbocycles. The molecule has 0 aliphatic heterocycles. The Labute approximate surface area is 131 Å². The SMILES string of the molecule is CNCCC(=O)NCc1cccc(NC(=O)C2CCCC2)c1. The molecule has 2 rings (SSSR count). The van der Waals surface area contributed by atoms with Gasteiger partial charge in [-0.3, -0.25) is 9.59 Å². The minimum absolute atomic E-state index is 0.0229. The van der Waals surface area contributed by atoms with Gasteiger partial charge in [-0.1, -0.05) is 25.0 Å². The van der Waals surface area contributed by atoms with Crippen molar-refractivity contribution < 1.29 is 9.59 Å². The number of rotatable bonds is 7. The van der Waals surface area contributed by atoms with Crippen LogP contribution in [0.15, 0.2) is 24.3 Å². The van der Waals surface area contributed by atoms with Gasteiger partial charge in [-0.05, 0) is 37.6 Å². The Bertz CT molecular complexity index is 510. The molecule has 1 aliphatic rings. The molecule has 2 amide bonds. The van der Waals surface area contributed by atoms with Crippen LogP contribution in [0.3, 0.4) is 0 Å². The molecule has 120 valence electrons. The van der Waals surface area contributed by atoms with Gasteiger partial charge in [-0.25, -0.2) is 0 Å². The molecule has 1 aromatic rings. The molecule has 0 radical (unpaired) electrons. The number of carbonyl (C=O) groups is 2. The minimum Gasteiger partial charge on any atom is -0.352 e. The number of anilines is 1. The molecule has 5 heteroatoms. The van der Waals surface area contributed by atoms with E-state index in [2.05, 4.69) is 16.0 Å². The van der Waals surface area contributed by atoms with Crippen molar-refractivity contribution in [3.05, 3.63) is 29.8 Å². The molecule has 0 heterocycles. The third kappa shape index (κ3) is 5.15. The Balaban J connectivity index is 1.84. The number of carbonyl (C=O) groups excluding carboxylic acids is 2. The Morgan fingerprint density at radius 2 is 2.00 bits per heavy atom. The molecule has 0 atom stereocenters. The van der Waals surface area contributed by atoms with Crippen LogP contribution in [-0.2, 0) is 16.1 Å². The summed E-state index contributed by atoms with van der Waals surface area (Å²) in [4.78, 5) is 23.7. The lowest BCUT2D eigenvalue weighted by atomic mass is 10.1. The van der Waals surface area contributed by atoms with Crippen molar-refractivity contribution in [3.8, 4) is 0 Å². The van der Waals surface area contributed by atoms with E-state index >= 15 is 0 Å². The van der Waals surface area contributed by atoms with Gasteiger partial charge in [0.05, 0.1) is 0 Å². The van der Waals surface area contributed by atoms with E-state index in [-0.39, 0.29) is 17.7 Å². The molecule has 1 aromatic carbocycles. The Morgan fingerprint density at radius 1 is 1.23 bits per heavy atom. The van der Waals surface area contributed by atoms with Gasteiger partial charge in [0, 0.05) is 31.1 Å². The standard InChI is InChI=1S/C17H25N3O2/c1-18-10-9-16(21)19-12-13-5-4-8-15(11-13)20-17(22)14-6-2-3-7-14/h4-5,8,11,14,18H,2-3,6-7,9-10,12H2,1H3,(H,19,21)(H,20,22). The summed E-state index contributed by atoms with van der Waals surface area (Å²) in [6, 6.07) is 7.66. The fourth-order valence-electron chi connectivity index (χ4n) is 2.72. The summed E-state index contributed by atoms with van der Waals surface area (Å²) in [5.74, 6) is 0.298. The highest BCUT2D eigenvalue weighted by molar-refractivity contribution is 5.92. The summed E-state index contributed by atoms with van der Waals surface area (Å²) in [5.41, 5.74) is 1.79. The second-order valence-corrected chi connectivity index (χ2v) is 5.80. The van der Waals surface area contributed by atoms with E-state index in [1.165, 1.54) is 0 Å².